The quantitative estimate of drug-likeness (QED) is 0.691. The molecular weight excluding hydrogens is 182 g/mol. The van der Waals surface area contributed by atoms with Crippen LogP contribution in [-0.2, 0) is 0 Å². The number of ether oxygens (including phenoxy) is 1. The molecule has 0 aliphatic carbocycles. The van der Waals surface area contributed by atoms with Crippen LogP contribution in [0.5, 0.6) is 5.75 Å². The Morgan fingerprint density at radius 1 is 1.46 bits per heavy atom. The summed E-state index contributed by atoms with van der Waals surface area (Å²) in [6.45, 7) is 0. The Morgan fingerprint density at radius 3 is 3.00 bits per heavy atom. The molecule has 64 valence electrons. The van der Waals surface area contributed by atoms with Crippen molar-refractivity contribution >= 4 is 21.4 Å². The largest absolute Gasteiger partial charge is 0.496 e. The van der Waals surface area contributed by atoms with Crippen LogP contribution in [0.15, 0.2) is 24.3 Å². The third-order valence-electron chi connectivity index (χ3n) is 1.85. The number of rotatable bonds is 1. The zero-order valence-corrected chi connectivity index (χ0v) is 7.89. The molecule has 1 aromatic carbocycles. The summed E-state index contributed by atoms with van der Waals surface area (Å²) in [5.41, 5.74) is 0. The van der Waals surface area contributed by atoms with E-state index in [9.17, 15) is 0 Å². The molecule has 0 unspecified atom stereocenters. The van der Waals surface area contributed by atoms with Crippen LogP contribution in [0.4, 0.5) is 0 Å². The molecule has 0 atom stereocenters. The van der Waals surface area contributed by atoms with Crippen molar-refractivity contribution in [3.05, 3.63) is 29.1 Å². The van der Waals surface area contributed by atoms with Crippen molar-refractivity contribution in [1.82, 2.24) is 0 Å². The zero-order valence-electron chi connectivity index (χ0n) is 7.07. The van der Waals surface area contributed by atoms with E-state index in [1.54, 1.807) is 7.11 Å². The number of thiophene rings is 1. The summed E-state index contributed by atoms with van der Waals surface area (Å²) in [5.74, 6) is 0.829. The Kier molecular flexibility index (Phi) is 1.91. The first-order valence-electron chi connectivity index (χ1n) is 3.82. The highest BCUT2D eigenvalue weighted by Gasteiger charge is 2.04. The zero-order chi connectivity index (χ0) is 9.26. The second-order valence-corrected chi connectivity index (χ2v) is 3.68. The highest BCUT2D eigenvalue weighted by molar-refractivity contribution is 7.19. The van der Waals surface area contributed by atoms with Gasteiger partial charge in [0, 0.05) is 10.1 Å². The fourth-order valence-corrected chi connectivity index (χ4v) is 2.14. The number of nitrogens with zero attached hydrogens (tertiary/aromatic N) is 1. The predicted molar refractivity (Wildman–Crippen MR) is 53.1 cm³/mol. The van der Waals surface area contributed by atoms with Gasteiger partial charge in [-0.1, -0.05) is 6.07 Å². The van der Waals surface area contributed by atoms with Gasteiger partial charge in [-0.2, -0.15) is 5.26 Å². The fraction of sp³-hybridized carbons (Fsp3) is 0.100. The second kappa shape index (κ2) is 3.08. The highest BCUT2D eigenvalue weighted by Crippen LogP contribution is 2.31. The van der Waals surface area contributed by atoms with Gasteiger partial charge < -0.3 is 4.74 Å². The van der Waals surface area contributed by atoms with Crippen LogP contribution in [0.2, 0.25) is 0 Å². The SMILES string of the molecule is COc1cccc2sc(C#N)cc12. The molecule has 2 nitrogen and oxygen atoms in total. The van der Waals surface area contributed by atoms with E-state index >= 15 is 0 Å². The fourth-order valence-electron chi connectivity index (χ4n) is 1.27. The summed E-state index contributed by atoms with van der Waals surface area (Å²) in [7, 11) is 1.64. The molecule has 0 saturated heterocycles. The maximum atomic E-state index is 8.72. The number of hydrogen-bond donors (Lipinski definition) is 0. The number of methoxy groups -OCH3 is 1. The van der Waals surface area contributed by atoms with Gasteiger partial charge in [0.05, 0.1) is 7.11 Å². The van der Waals surface area contributed by atoms with Crippen molar-refractivity contribution in [2.75, 3.05) is 7.11 Å². The van der Waals surface area contributed by atoms with Gasteiger partial charge in [0.25, 0.3) is 0 Å². The van der Waals surface area contributed by atoms with Gasteiger partial charge >= 0.3 is 0 Å². The average molecular weight is 189 g/mol. The third-order valence-corrected chi connectivity index (χ3v) is 2.86. The number of fused-ring (bicyclic) bond motifs is 1. The van der Waals surface area contributed by atoms with E-state index in [1.165, 1.54) is 11.3 Å². The van der Waals surface area contributed by atoms with E-state index in [0.717, 1.165) is 20.7 Å². The minimum Gasteiger partial charge on any atom is -0.496 e. The van der Waals surface area contributed by atoms with Crippen molar-refractivity contribution in [2.45, 2.75) is 0 Å². The lowest BCUT2D eigenvalue weighted by Crippen LogP contribution is -1.81. The first kappa shape index (κ1) is 8.09. The maximum Gasteiger partial charge on any atom is 0.127 e. The smallest absolute Gasteiger partial charge is 0.127 e. The van der Waals surface area contributed by atoms with E-state index in [1.807, 2.05) is 24.3 Å². The molecule has 0 saturated carbocycles. The maximum absolute atomic E-state index is 8.72. The average Bonchev–Trinajstić information content (AvgIpc) is 2.59. The molecule has 0 aliphatic heterocycles. The van der Waals surface area contributed by atoms with Crippen LogP contribution in [0, 0.1) is 11.3 Å². The molecule has 2 aromatic rings. The summed E-state index contributed by atoms with van der Waals surface area (Å²) >= 11 is 1.49. The van der Waals surface area contributed by atoms with Crippen LogP contribution in [0.25, 0.3) is 10.1 Å². The topological polar surface area (TPSA) is 33.0 Å². The summed E-state index contributed by atoms with van der Waals surface area (Å²) < 4.78 is 6.28. The van der Waals surface area contributed by atoms with Crippen molar-refractivity contribution < 1.29 is 4.74 Å². The van der Waals surface area contributed by atoms with E-state index in [2.05, 4.69) is 6.07 Å². The number of nitriles is 1. The van der Waals surface area contributed by atoms with Crippen molar-refractivity contribution in [2.24, 2.45) is 0 Å². The monoisotopic (exact) mass is 189 g/mol. The normalized spacial score (nSPS) is 9.85. The lowest BCUT2D eigenvalue weighted by Gasteiger charge is -1.98. The molecule has 13 heavy (non-hydrogen) atoms. The first-order valence-corrected chi connectivity index (χ1v) is 4.63. The van der Waals surface area contributed by atoms with E-state index in [4.69, 9.17) is 10.00 Å². The molecule has 0 radical (unpaired) electrons. The minimum atomic E-state index is 0.722. The van der Waals surface area contributed by atoms with Crippen LogP contribution in [-0.4, -0.2) is 7.11 Å². The Hall–Kier alpha value is -1.53. The summed E-state index contributed by atoms with van der Waals surface area (Å²) in [6, 6.07) is 9.81. The Morgan fingerprint density at radius 2 is 2.31 bits per heavy atom. The van der Waals surface area contributed by atoms with Gasteiger partial charge in [0.1, 0.15) is 16.7 Å². The Bertz CT molecular complexity index is 481. The van der Waals surface area contributed by atoms with E-state index in [-0.39, 0.29) is 0 Å². The molecule has 0 spiro atoms. The number of hydrogen-bond acceptors (Lipinski definition) is 3. The molecule has 2 rings (SSSR count). The molecule has 0 fully saturated rings. The lowest BCUT2D eigenvalue weighted by atomic mass is 10.2. The van der Waals surface area contributed by atoms with Gasteiger partial charge in [-0.25, -0.2) is 0 Å². The van der Waals surface area contributed by atoms with Gasteiger partial charge in [-0.05, 0) is 18.2 Å². The molecule has 1 aromatic heterocycles. The number of benzene rings is 1. The van der Waals surface area contributed by atoms with Crippen LogP contribution >= 0.6 is 11.3 Å². The second-order valence-electron chi connectivity index (χ2n) is 2.59. The minimum absolute atomic E-state index is 0.722. The van der Waals surface area contributed by atoms with Gasteiger partial charge in [0.2, 0.25) is 0 Å². The van der Waals surface area contributed by atoms with Crippen LogP contribution < -0.4 is 4.74 Å². The summed E-state index contributed by atoms with van der Waals surface area (Å²) in [4.78, 5) is 0.722. The van der Waals surface area contributed by atoms with E-state index < -0.39 is 0 Å². The molecule has 3 heteroatoms. The first-order chi connectivity index (χ1) is 6.35. The third kappa shape index (κ3) is 1.25. The van der Waals surface area contributed by atoms with Crippen molar-refractivity contribution in [3.8, 4) is 11.8 Å². The Balaban J connectivity index is 2.76. The molecule has 0 amide bonds. The molecule has 0 bridgehead atoms. The molecule has 0 N–H and O–H groups in total. The Labute approximate surface area is 80.0 Å². The molecular formula is C10H7NOS. The van der Waals surface area contributed by atoms with Crippen LogP contribution in [0.3, 0.4) is 0 Å². The van der Waals surface area contributed by atoms with Gasteiger partial charge in [-0.15, -0.1) is 11.3 Å². The summed E-state index contributed by atoms with van der Waals surface area (Å²) in [6.07, 6.45) is 0. The highest BCUT2D eigenvalue weighted by atomic mass is 32.1. The van der Waals surface area contributed by atoms with Crippen molar-refractivity contribution in [3.63, 3.8) is 0 Å². The standard InChI is InChI=1S/C10H7NOS/c1-12-9-3-2-4-10-8(9)5-7(6-11)13-10/h2-5H,1H3. The van der Waals surface area contributed by atoms with Gasteiger partial charge in [0.15, 0.2) is 0 Å². The van der Waals surface area contributed by atoms with Gasteiger partial charge in [-0.3, -0.25) is 0 Å². The van der Waals surface area contributed by atoms with Crippen molar-refractivity contribution in [1.29, 1.82) is 5.26 Å². The predicted octanol–water partition coefficient (Wildman–Crippen LogP) is 2.78. The molecule has 0 aliphatic rings. The van der Waals surface area contributed by atoms with Crippen LogP contribution in [0.1, 0.15) is 4.88 Å². The van der Waals surface area contributed by atoms with E-state index in [0.29, 0.717) is 0 Å². The molecule has 1 heterocycles. The lowest BCUT2D eigenvalue weighted by molar-refractivity contribution is 0.420. The summed E-state index contributed by atoms with van der Waals surface area (Å²) in [5, 5.41) is 9.74.